The van der Waals surface area contributed by atoms with E-state index in [1.54, 1.807) is 0 Å². The van der Waals surface area contributed by atoms with Crippen LogP contribution in [-0.2, 0) is 6.54 Å². The van der Waals surface area contributed by atoms with Crippen molar-refractivity contribution in [3.05, 3.63) is 34.6 Å². The van der Waals surface area contributed by atoms with E-state index in [0.717, 1.165) is 24.4 Å². The molecular formula is C13H17N5OS. The van der Waals surface area contributed by atoms with E-state index in [0.29, 0.717) is 16.7 Å². The summed E-state index contributed by atoms with van der Waals surface area (Å²) in [5.74, 6) is -0.227. The second-order valence-corrected chi connectivity index (χ2v) is 5.27. The highest BCUT2D eigenvalue weighted by Gasteiger charge is 2.12. The highest BCUT2D eigenvalue weighted by atomic mass is 32.1. The van der Waals surface area contributed by atoms with Gasteiger partial charge in [0, 0.05) is 12.2 Å². The number of aromatic nitrogens is 3. The number of aryl methyl sites for hydroxylation is 1. The Hall–Kier alpha value is -2.02. The number of hydrogen-bond acceptors (Lipinski definition) is 6. The third-order valence-electron chi connectivity index (χ3n) is 2.52. The molecule has 1 amide bonds. The fourth-order valence-electron chi connectivity index (χ4n) is 1.56. The zero-order valence-corrected chi connectivity index (χ0v) is 12.3. The van der Waals surface area contributed by atoms with Crippen LogP contribution in [0.5, 0.6) is 0 Å². The van der Waals surface area contributed by atoms with Crippen LogP contribution in [-0.4, -0.2) is 27.6 Å². The zero-order chi connectivity index (χ0) is 14.4. The van der Waals surface area contributed by atoms with E-state index < -0.39 is 0 Å². The Bertz CT molecular complexity index is 584. The summed E-state index contributed by atoms with van der Waals surface area (Å²) in [5.41, 5.74) is 1.76. The topological polar surface area (TPSA) is 79.8 Å². The largest absolute Gasteiger partial charge is 0.360 e. The first-order valence-electron chi connectivity index (χ1n) is 6.47. The Morgan fingerprint density at radius 2 is 2.20 bits per heavy atom. The van der Waals surface area contributed by atoms with Crippen LogP contribution in [0.3, 0.4) is 0 Å². The molecular weight excluding hydrogens is 274 g/mol. The molecule has 6 nitrogen and oxygen atoms in total. The SMILES string of the molecule is CCCNc1nnc(C(=O)NCc2cccc(C)n2)s1. The molecule has 7 heteroatoms. The summed E-state index contributed by atoms with van der Waals surface area (Å²) in [4.78, 5) is 16.3. The molecule has 2 aromatic rings. The van der Waals surface area contributed by atoms with Crippen LogP contribution in [0.25, 0.3) is 0 Å². The standard InChI is InChI=1S/C13H17N5OS/c1-3-7-14-13-18-17-12(20-13)11(19)15-8-10-6-4-5-9(2)16-10/h4-6H,3,7-8H2,1-2H3,(H,14,18)(H,15,19). The van der Waals surface area contributed by atoms with Crippen LogP contribution >= 0.6 is 11.3 Å². The molecule has 0 saturated heterocycles. The molecule has 0 aliphatic heterocycles. The lowest BCUT2D eigenvalue weighted by atomic mass is 10.3. The third kappa shape index (κ3) is 3.99. The molecule has 0 bridgehead atoms. The number of amides is 1. The molecule has 0 aromatic carbocycles. The number of carbonyl (C=O) groups excluding carboxylic acids is 1. The molecule has 0 fully saturated rings. The van der Waals surface area contributed by atoms with Gasteiger partial charge in [0.05, 0.1) is 12.2 Å². The summed E-state index contributed by atoms with van der Waals surface area (Å²) in [5, 5.41) is 14.7. The first kappa shape index (κ1) is 14.4. The highest BCUT2D eigenvalue weighted by Crippen LogP contribution is 2.14. The minimum Gasteiger partial charge on any atom is -0.360 e. The van der Waals surface area contributed by atoms with Crippen LogP contribution < -0.4 is 10.6 Å². The Morgan fingerprint density at radius 3 is 2.95 bits per heavy atom. The number of nitrogens with zero attached hydrogens (tertiary/aromatic N) is 3. The van der Waals surface area contributed by atoms with E-state index in [2.05, 4.69) is 32.7 Å². The van der Waals surface area contributed by atoms with Gasteiger partial charge in [0.15, 0.2) is 0 Å². The quantitative estimate of drug-likeness (QED) is 0.851. The number of rotatable bonds is 6. The molecule has 2 aromatic heterocycles. The molecule has 0 saturated carbocycles. The van der Waals surface area contributed by atoms with E-state index in [4.69, 9.17) is 0 Å². The summed E-state index contributed by atoms with van der Waals surface area (Å²) in [6.45, 7) is 5.19. The Morgan fingerprint density at radius 1 is 1.35 bits per heavy atom. The van der Waals surface area contributed by atoms with E-state index in [9.17, 15) is 4.79 Å². The fraction of sp³-hybridized carbons (Fsp3) is 0.385. The Labute approximate surface area is 121 Å². The normalized spacial score (nSPS) is 10.3. The average molecular weight is 291 g/mol. The average Bonchev–Trinajstić information content (AvgIpc) is 2.91. The minimum atomic E-state index is -0.227. The predicted molar refractivity (Wildman–Crippen MR) is 78.8 cm³/mol. The Kier molecular flexibility index (Phi) is 5.00. The van der Waals surface area contributed by atoms with Gasteiger partial charge in [0.1, 0.15) is 0 Å². The fourth-order valence-corrected chi connectivity index (χ4v) is 2.25. The maximum atomic E-state index is 11.9. The van der Waals surface area contributed by atoms with Gasteiger partial charge in [-0.25, -0.2) is 0 Å². The van der Waals surface area contributed by atoms with Crippen LogP contribution in [0.2, 0.25) is 0 Å². The molecule has 0 aliphatic carbocycles. The molecule has 0 spiro atoms. The van der Waals surface area contributed by atoms with Crippen molar-refractivity contribution < 1.29 is 4.79 Å². The molecule has 2 heterocycles. The number of pyridine rings is 1. The Balaban J connectivity index is 1.90. The van der Waals surface area contributed by atoms with Crippen molar-refractivity contribution in [1.29, 1.82) is 0 Å². The smallest absolute Gasteiger partial charge is 0.282 e. The summed E-state index contributed by atoms with van der Waals surface area (Å²) < 4.78 is 0. The molecule has 2 rings (SSSR count). The molecule has 0 aliphatic rings. The monoisotopic (exact) mass is 291 g/mol. The van der Waals surface area contributed by atoms with Gasteiger partial charge in [0.25, 0.3) is 5.91 Å². The maximum absolute atomic E-state index is 11.9. The molecule has 20 heavy (non-hydrogen) atoms. The van der Waals surface area contributed by atoms with Crippen LogP contribution in [0, 0.1) is 6.92 Å². The van der Waals surface area contributed by atoms with Gasteiger partial charge in [0.2, 0.25) is 10.1 Å². The highest BCUT2D eigenvalue weighted by molar-refractivity contribution is 7.17. The van der Waals surface area contributed by atoms with Gasteiger partial charge in [-0.05, 0) is 25.5 Å². The van der Waals surface area contributed by atoms with Gasteiger partial charge < -0.3 is 10.6 Å². The number of hydrogen-bond donors (Lipinski definition) is 2. The van der Waals surface area contributed by atoms with E-state index in [1.807, 2.05) is 25.1 Å². The van der Waals surface area contributed by atoms with Gasteiger partial charge in [-0.15, -0.1) is 10.2 Å². The second-order valence-electron chi connectivity index (χ2n) is 4.29. The molecule has 0 radical (unpaired) electrons. The van der Waals surface area contributed by atoms with Crippen molar-refractivity contribution in [2.24, 2.45) is 0 Å². The van der Waals surface area contributed by atoms with Gasteiger partial charge in [-0.3, -0.25) is 9.78 Å². The molecule has 0 unspecified atom stereocenters. The van der Waals surface area contributed by atoms with E-state index in [-0.39, 0.29) is 5.91 Å². The summed E-state index contributed by atoms with van der Waals surface area (Å²) in [6, 6.07) is 5.71. The van der Waals surface area contributed by atoms with Crippen LogP contribution in [0.15, 0.2) is 18.2 Å². The first-order valence-corrected chi connectivity index (χ1v) is 7.29. The van der Waals surface area contributed by atoms with Crippen molar-refractivity contribution in [2.45, 2.75) is 26.8 Å². The van der Waals surface area contributed by atoms with Crippen molar-refractivity contribution in [3.8, 4) is 0 Å². The molecule has 0 atom stereocenters. The second kappa shape index (κ2) is 6.95. The summed E-state index contributed by atoms with van der Waals surface area (Å²) >= 11 is 1.25. The molecule has 106 valence electrons. The van der Waals surface area contributed by atoms with Gasteiger partial charge in [-0.2, -0.15) is 0 Å². The zero-order valence-electron chi connectivity index (χ0n) is 11.5. The lowest BCUT2D eigenvalue weighted by Gasteiger charge is -2.02. The summed E-state index contributed by atoms with van der Waals surface area (Å²) in [6.07, 6.45) is 1.00. The lowest BCUT2D eigenvalue weighted by molar-refractivity contribution is 0.0949. The lowest BCUT2D eigenvalue weighted by Crippen LogP contribution is -2.23. The van der Waals surface area contributed by atoms with Crippen molar-refractivity contribution in [3.63, 3.8) is 0 Å². The molecule has 2 N–H and O–H groups in total. The van der Waals surface area contributed by atoms with Crippen molar-refractivity contribution in [2.75, 3.05) is 11.9 Å². The van der Waals surface area contributed by atoms with E-state index in [1.165, 1.54) is 11.3 Å². The number of carbonyl (C=O) groups is 1. The maximum Gasteiger partial charge on any atom is 0.282 e. The van der Waals surface area contributed by atoms with Crippen LogP contribution in [0.4, 0.5) is 5.13 Å². The third-order valence-corrected chi connectivity index (χ3v) is 3.40. The first-order chi connectivity index (χ1) is 9.69. The number of anilines is 1. The minimum absolute atomic E-state index is 0.227. The predicted octanol–water partition coefficient (Wildman–Crippen LogP) is 1.99. The van der Waals surface area contributed by atoms with Crippen LogP contribution in [0.1, 0.15) is 34.5 Å². The van der Waals surface area contributed by atoms with Crippen molar-refractivity contribution in [1.82, 2.24) is 20.5 Å². The number of nitrogens with one attached hydrogen (secondary N) is 2. The van der Waals surface area contributed by atoms with Gasteiger partial charge >= 0.3 is 0 Å². The van der Waals surface area contributed by atoms with E-state index >= 15 is 0 Å². The van der Waals surface area contributed by atoms with Crippen molar-refractivity contribution >= 4 is 22.4 Å². The van der Waals surface area contributed by atoms with Gasteiger partial charge in [-0.1, -0.05) is 24.3 Å². The summed E-state index contributed by atoms with van der Waals surface area (Å²) in [7, 11) is 0.